The first-order chi connectivity index (χ1) is 15.4. The predicted molar refractivity (Wildman–Crippen MR) is 125 cm³/mol. The first kappa shape index (κ1) is 21.2. The van der Waals surface area contributed by atoms with Crippen LogP contribution in [-0.2, 0) is 9.59 Å². The Bertz CT molecular complexity index is 1230. The predicted octanol–water partition coefficient (Wildman–Crippen LogP) is 4.72. The number of nitrogens with one attached hydrogen (secondary N) is 1. The first-order valence-corrected chi connectivity index (χ1v) is 10.2. The summed E-state index contributed by atoms with van der Waals surface area (Å²) in [5.41, 5.74) is 4.18. The van der Waals surface area contributed by atoms with E-state index in [1.54, 1.807) is 31.4 Å². The van der Waals surface area contributed by atoms with Gasteiger partial charge in [0.2, 0.25) is 0 Å². The zero-order chi connectivity index (χ0) is 22.8. The average Bonchev–Trinajstić information content (AvgIpc) is 3.04. The minimum Gasteiger partial charge on any atom is -0.495 e. The molecule has 0 radical (unpaired) electrons. The Balaban J connectivity index is 1.87. The van der Waals surface area contributed by atoms with Gasteiger partial charge in [0.05, 0.1) is 31.2 Å². The Kier molecular flexibility index (Phi) is 5.69. The Morgan fingerprint density at radius 1 is 0.750 bits per heavy atom. The third-order valence-corrected chi connectivity index (χ3v) is 5.36. The highest BCUT2D eigenvalue weighted by molar-refractivity contribution is 6.46. The van der Waals surface area contributed by atoms with E-state index in [0.29, 0.717) is 34.0 Å². The van der Waals surface area contributed by atoms with Crippen molar-refractivity contribution in [1.29, 1.82) is 0 Å². The largest absolute Gasteiger partial charge is 0.495 e. The number of benzene rings is 3. The molecule has 0 atom stereocenters. The number of methoxy groups -OCH3 is 2. The van der Waals surface area contributed by atoms with Crippen molar-refractivity contribution in [2.45, 2.75) is 13.8 Å². The van der Waals surface area contributed by atoms with Gasteiger partial charge in [-0.25, -0.2) is 4.90 Å². The number of para-hydroxylation sites is 2. The highest BCUT2D eigenvalue weighted by Gasteiger charge is 2.41. The maximum absolute atomic E-state index is 13.6. The number of hydrogen-bond acceptors (Lipinski definition) is 5. The molecule has 0 saturated heterocycles. The van der Waals surface area contributed by atoms with Crippen LogP contribution in [0.4, 0.5) is 11.4 Å². The topological polar surface area (TPSA) is 67.9 Å². The molecule has 1 N–H and O–H groups in total. The van der Waals surface area contributed by atoms with Crippen molar-refractivity contribution in [3.63, 3.8) is 0 Å². The van der Waals surface area contributed by atoms with Crippen LogP contribution in [0.25, 0.3) is 5.57 Å². The molecule has 0 unspecified atom stereocenters. The molecule has 6 heteroatoms. The van der Waals surface area contributed by atoms with Gasteiger partial charge in [0.1, 0.15) is 17.2 Å². The fourth-order valence-electron chi connectivity index (χ4n) is 3.72. The van der Waals surface area contributed by atoms with Crippen LogP contribution in [0.5, 0.6) is 11.5 Å². The summed E-state index contributed by atoms with van der Waals surface area (Å²) in [7, 11) is 3.07. The monoisotopic (exact) mass is 428 g/mol. The van der Waals surface area contributed by atoms with E-state index in [1.165, 1.54) is 7.11 Å². The summed E-state index contributed by atoms with van der Waals surface area (Å²) in [5, 5.41) is 3.18. The second kappa shape index (κ2) is 8.59. The van der Waals surface area contributed by atoms with Gasteiger partial charge in [-0.05, 0) is 49.2 Å². The highest BCUT2D eigenvalue weighted by Crippen LogP contribution is 2.39. The molecule has 6 nitrogen and oxygen atoms in total. The molecule has 2 amide bonds. The van der Waals surface area contributed by atoms with E-state index in [9.17, 15) is 9.59 Å². The van der Waals surface area contributed by atoms with Crippen LogP contribution in [-0.4, -0.2) is 26.0 Å². The molecule has 0 saturated carbocycles. The van der Waals surface area contributed by atoms with Gasteiger partial charge >= 0.3 is 0 Å². The molecule has 3 aromatic carbocycles. The summed E-state index contributed by atoms with van der Waals surface area (Å²) in [6.07, 6.45) is 0. The first-order valence-electron chi connectivity index (χ1n) is 10.2. The Morgan fingerprint density at radius 2 is 1.41 bits per heavy atom. The van der Waals surface area contributed by atoms with E-state index in [0.717, 1.165) is 16.0 Å². The normalized spacial score (nSPS) is 13.6. The van der Waals surface area contributed by atoms with Crippen molar-refractivity contribution in [3.8, 4) is 11.5 Å². The number of carbonyl (C=O) groups is 2. The Morgan fingerprint density at radius 3 is 2.09 bits per heavy atom. The van der Waals surface area contributed by atoms with Gasteiger partial charge in [0.15, 0.2) is 0 Å². The van der Waals surface area contributed by atoms with Crippen LogP contribution < -0.4 is 19.7 Å². The van der Waals surface area contributed by atoms with Gasteiger partial charge in [-0.15, -0.1) is 0 Å². The number of hydrogen-bond donors (Lipinski definition) is 1. The molecule has 0 aliphatic carbocycles. The number of rotatable bonds is 6. The zero-order valence-corrected chi connectivity index (χ0v) is 18.4. The van der Waals surface area contributed by atoms with Crippen molar-refractivity contribution >= 4 is 28.8 Å². The lowest BCUT2D eigenvalue weighted by molar-refractivity contribution is -0.120. The zero-order valence-electron chi connectivity index (χ0n) is 18.4. The van der Waals surface area contributed by atoms with Crippen molar-refractivity contribution < 1.29 is 19.1 Å². The SMILES string of the molecule is COc1ccc(C)cc1NC1=C(c2ccc(C)cc2)C(=O)N(c2ccccc2OC)C1=O. The lowest BCUT2D eigenvalue weighted by Gasteiger charge is -2.18. The number of ether oxygens (including phenoxy) is 2. The van der Waals surface area contributed by atoms with Crippen molar-refractivity contribution in [2.24, 2.45) is 0 Å². The molecule has 0 aromatic heterocycles. The number of nitrogens with zero attached hydrogens (tertiary/aromatic N) is 1. The second-order valence-electron chi connectivity index (χ2n) is 7.56. The van der Waals surface area contributed by atoms with Gasteiger partial charge in [-0.2, -0.15) is 0 Å². The van der Waals surface area contributed by atoms with Gasteiger partial charge in [0.25, 0.3) is 11.8 Å². The van der Waals surface area contributed by atoms with E-state index in [4.69, 9.17) is 9.47 Å². The van der Waals surface area contributed by atoms with Crippen molar-refractivity contribution in [2.75, 3.05) is 24.4 Å². The quantitative estimate of drug-likeness (QED) is 0.576. The molecule has 1 aliphatic rings. The van der Waals surface area contributed by atoms with Gasteiger partial charge < -0.3 is 14.8 Å². The fourth-order valence-corrected chi connectivity index (χ4v) is 3.72. The average molecular weight is 428 g/mol. The van der Waals surface area contributed by atoms with Crippen LogP contribution in [0.15, 0.2) is 72.4 Å². The van der Waals surface area contributed by atoms with Crippen molar-refractivity contribution in [3.05, 3.63) is 89.1 Å². The van der Waals surface area contributed by atoms with Crippen LogP contribution in [0.3, 0.4) is 0 Å². The third kappa shape index (κ3) is 3.71. The standard InChI is InChI=1S/C26H24N2O4/c1-16-9-12-18(13-10-16)23-24(27-19-15-17(2)11-14-21(19)31-3)26(30)28(25(23)29)20-7-5-6-8-22(20)32-4/h5-15,27H,1-4H3. The number of imide groups is 1. The van der Waals surface area contributed by atoms with Crippen LogP contribution in [0, 0.1) is 13.8 Å². The van der Waals surface area contributed by atoms with Gasteiger partial charge in [0, 0.05) is 0 Å². The Hall–Kier alpha value is -4.06. The summed E-state index contributed by atoms with van der Waals surface area (Å²) >= 11 is 0. The van der Waals surface area contributed by atoms with E-state index >= 15 is 0 Å². The molecule has 0 fully saturated rings. The molecule has 32 heavy (non-hydrogen) atoms. The summed E-state index contributed by atoms with van der Waals surface area (Å²) in [4.78, 5) is 28.4. The van der Waals surface area contributed by atoms with Crippen molar-refractivity contribution in [1.82, 2.24) is 0 Å². The second-order valence-corrected chi connectivity index (χ2v) is 7.56. The summed E-state index contributed by atoms with van der Waals surface area (Å²) in [6, 6.07) is 20.1. The minimum atomic E-state index is -0.460. The smallest absolute Gasteiger partial charge is 0.282 e. The molecule has 3 aromatic rings. The highest BCUT2D eigenvalue weighted by atomic mass is 16.5. The van der Waals surface area contributed by atoms with E-state index in [-0.39, 0.29) is 5.70 Å². The van der Waals surface area contributed by atoms with E-state index in [1.807, 2.05) is 56.3 Å². The number of amides is 2. The number of aryl methyl sites for hydroxylation is 2. The lowest BCUT2D eigenvalue weighted by atomic mass is 10.0. The maximum atomic E-state index is 13.6. The van der Waals surface area contributed by atoms with Gasteiger partial charge in [-0.3, -0.25) is 9.59 Å². The van der Waals surface area contributed by atoms with Crippen LogP contribution in [0.1, 0.15) is 16.7 Å². The molecule has 4 rings (SSSR count). The summed E-state index contributed by atoms with van der Waals surface area (Å²) in [5.74, 6) is 0.130. The molecular formula is C26H24N2O4. The number of carbonyl (C=O) groups excluding carboxylic acids is 2. The lowest BCUT2D eigenvalue weighted by Crippen LogP contribution is -2.32. The molecular weight excluding hydrogens is 404 g/mol. The van der Waals surface area contributed by atoms with Crippen LogP contribution in [0.2, 0.25) is 0 Å². The minimum absolute atomic E-state index is 0.189. The molecule has 0 spiro atoms. The van der Waals surface area contributed by atoms with E-state index < -0.39 is 11.8 Å². The van der Waals surface area contributed by atoms with Crippen LogP contribution >= 0.6 is 0 Å². The summed E-state index contributed by atoms with van der Waals surface area (Å²) in [6.45, 7) is 3.92. The van der Waals surface area contributed by atoms with E-state index in [2.05, 4.69) is 5.32 Å². The third-order valence-electron chi connectivity index (χ3n) is 5.36. The number of anilines is 2. The van der Waals surface area contributed by atoms with Gasteiger partial charge in [-0.1, -0.05) is 48.0 Å². The molecule has 162 valence electrons. The molecule has 0 bridgehead atoms. The molecule has 1 heterocycles. The maximum Gasteiger partial charge on any atom is 0.282 e. The summed E-state index contributed by atoms with van der Waals surface area (Å²) < 4.78 is 10.9. The fraction of sp³-hybridized carbons (Fsp3) is 0.154. The Labute approximate surface area is 187 Å². The molecule has 1 aliphatic heterocycles.